The van der Waals surface area contributed by atoms with Crippen molar-refractivity contribution in [2.75, 3.05) is 37.7 Å². The van der Waals surface area contributed by atoms with Crippen molar-refractivity contribution in [3.63, 3.8) is 0 Å². The number of rotatable bonds is 7. The van der Waals surface area contributed by atoms with Crippen LogP contribution in [0.5, 0.6) is 0 Å². The third-order valence-electron chi connectivity index (χ3n) is 3.21. The van der Waals surface area contributed by atoms with Gasteiger partial charge in [-0.2, -0.15) is 0 Å². The quantitative estimate of drug-likeness (QED) is 0.726. The summed E-state index contributed by atoms with van der Waals surface area (Å²) in [5.41, 5.74) is 0. The van der Waals surface area contributed by atoms with Crippen LogP contribution in [-0.2, 0) is 16.1 Å². The summed E-state index contributed by atoms with van der Waals surface area (Å²) in [5, 5.41) is 14.0. The predicted octanol–water partition coefficient (Wildman–Crippen LogP) is -0.0895. The maximum atomic E-state index is 12.2. The van der Waals surface area contributed by atoms with E-state index in [9.17, 15) is 4.79 Å². The van der Waals surface area contributed by atoms with Gasteiger partial charge in [-0.15, -0.1) is 5.10 Å². The zero-order valence-electron chi connectivity index (χ0n) is 12.6. The first-order valence-corrected chi connectivity index (χ1v) is 7.41. The first-order valence-electron chi connectivity index (χ1n) is 7.41. The van der Waals surface area contributed by atoms with Gasteiger partial charge in [-0.1, -0.05) is 18.9 Å². The SMILES string of the molecule is CCCNC(=O)C1COCCN1c1nnc(CNCC)o1. The van der Waals surface area contributed by atoms with E-state index in [2.05, 4.69) is 20.8 Å². The highest BCUT2D eigenvalue weighted by Gasteiger charge is 2.32. The fourth-order valence-electron chi connectivity index (χ4n) is 2.08. The summed E-state index contributed by atoms with van der Waals surface area (Å²) in [6.45, 7) is 7.47. The zero-order chi connectivity index (χ0) is 15.1. The van der Waals surface area contributed by atoms with E-state index < -0.39 is 6.04 Å². The molecular weight excluding hydrogens is 274 g/mol. The molecule has 1 fully saturated rings. The molecule has 0 aromatic carbocycles. The van der Waals surface area contributed by atoms with Gasteiger partial charge in [-0.05, 0) is 13.0 Å². The van der Waals surface area contributed by atoms with Crippen molar-refractivity contribution in [3.8, 4) is 0 Å². The van der Waals surface area contributed by atoms with Crippen LogP contribution >= 0.6 is 0 Å². The molecule has 118 valence electrons. The van der Waals surface area contributed by atoms with Crippen LogP contribution in [0.4, 0.5) is 6.01 Å². The molecule has 2 N–H and O–H groups in total. The van der Waals surface area contributed by atoms with Crippen LogP contribution in [-0.4, -0.2) is 55.0 Å². The zero-order valence-corrected chi connectivity index (χ0v) is 12.6. The second-order valence-corrected chi connectivity index (χ2v) is 4.83. The van der Waals surface area contributed by atoms with E-state index in [1.165, 1.54) is 0 Å². The van der Waals surface area contributed by atoms with E-state index in [0.717, 1.165) is 13.0 Å². The molecule has 0 spiro atoms. The number of ether oxygens (including phenoxy) is 1. The summed E-state index contributed by atoms with van der Waals surface area (Å²) >= 11 is 0. The minimum atomic E-state index is -0.419. The summed E-state index contributed by atoms with van der Waals surface area (Å²) < 4.78 is 11.0. The lowest BCUT2D eigenvalue weighted by atomic mass is 10.2. The summed E-state index contributed by atoms with van der Waals surface area (Å²) in [6, 6.07) is -0.0411. The maximum Gasteiger partial charge on any atom is 0.319 e. The summed E-state index contributed by atoms with van der Waals surface area (Å²) in [7, 11) is 0. The molecule has 1 aromatic heterocycles. The first-order chi connectivity index (χ1) is 10.3. The Balaban J connectivity index is 2.03. The standard InChI is InChI=1S/C13H23N5O3/c1-3-5-15-12(19)10-9-20-7-6-18(10)13-17-16-11(21-13)8-14-4-2/h10,14H,3-9H2,1-2H3,(H,15,19). The molecule has 2 rings (SSSR count). The number of nitrogens with one attached hydrogen (secondary N) is 2. The number of amides is 1. The van der Waals surface area contributed by atoms with Gasteiger partial charge in [0.2, 0.25) is 11.8 Å². The van der Waals surface area contributed by atoms with Gasteiger partial charge in [-0.3, -0.25) is 4.79 Å². The highest BCUT2D eigenvalue weighted by atomic mass is 16.5. The number of carbonyl (C=O) groups excluding carboxylic acids is 1. The van der Waals surface area contributed by atoms with Gasteiger partial charge >= 0.3 is 6.01 Å². The Hall–Kier alpha value is -1.67. The van der Waals surface area contributed by atoms with Crippen molar-refractivity contribution in [2.24, 2.45) is 0 Å². The van der Waals surface area contributed by atoms with Crippen LogP contribution in [0.1, 0.15) is 26.2 Å². The number of carbonyl (C=O) groups is 1. The number of nitrogens with zero attached hydrogens (tertiary/aromatic N) is 3. The molecule has 0 saturated carbocycles. The number of morpholine rings is 1. The molecule has 21 heavy (non-hydrogen) atoms. The molecule has 1 atom stereocenters. The molecule has 2 heterocycles. The van der Waals surface area contributed by atoms with E-state index in [-0.39, 0.29) is 5.91 Å². The molecule has 8 heteroatoms. The Morgan fingerprint density at radius 2 is 2.29 bits per heavy atom. The Kier molecular flexibility index (Phi) is 5.94. The van der Waals surface area contributed by atoms with Crippen molar-refractivity contribution in [3.05, 3.63) is 5.89 Å². The van der Waals surface area contributed by atoms with Gasteiger partial charge in [-0.25, -0.2) is 0 Å². The second kappa shape index (κ2) is 7.94. The molecule has 8 nitrogen and oxygen atoms in total. The second-order valence-electron chi connectivity index (χ2n) is 4.83. The minimum absolute atomic E-state index is 0.0667. The molecule has 1 aromatic rings. The monoisotopic (exact) mass is 297 g/mol. The average molecular weight is 297 g/mol. The highest BCUT2D eigenvalue weighted by molar-refractivity contribution is 5.84. The van der Waals surface area contributed by atoms with Gasteiger partial charge in [0.15, 0.2) is 0 Å². The van der Waals surface area contributed by atoms with E-state index in [1.807, 2.05) is 18.7 Å². The molecule has 0 radical (unpaired) electrons. The van der Waals surface area contributed by atoms with E-state index in [4.69, 9.17) is 9.15 Å². The van der Waals surface area contributed by atoms with E-state index >= 15 is 0 Å². The van der Waals surface area contributed by atoms with Crippen molar-refractivity contribution in [1.82, 2.24) is 20.8 Å². The highest BCUT2D eigenvalue weighted by Crippen LogP contribution is 2.18. The Morgan fingerprint density at radius 1 is 1.43 bits per heavy atom. The van der Waals surface area contributed by atoms with Crippen LogP contribution in [0.3, 0.4) is 0 Å². The average Bonchev–Trinajstić information content (AvgIpc) is 2.99. The van der Waals surface area contributed by atoms with Crippen molar-refractivity contribution < 1.29 is 13.9 Å². The van der Waals surface area contributed by atoms with Crippen LogP contribution < -0.4 is 15.5 Å². The van der Waals surface area contributed by atoms with Gasteiger partial charge < -0.3 is 24.7 Å². The third-order valence-corrected chi connectivity index (χ3v) is 3.21. The molecule has 1 amide bonds. The number of anilines is 1. The maximum absolute atomic E-state index is 12.2. The van der Waals surface area contributed by atoms with Gasteiger partial charge in [0.25, 0.3) is 0 Å². The molecule has 1 saturated heterocycles. The largest absolute Gasteiger partial charge is 0.407 e. The summed E-state index contributed by atoms with van der Waals surface area (Å²) in [6.07, 6.45) is 0.896. The fourth-order valence-corrected chi connectivity index (χ4v) is 2.08. The van der Waals surface area contributed by atoms with Gasteiger partial charge in [0.05, 0.1) is 19.8 Å². The van der Waals surface area contributed by atoms with Crippen LogP contribution in [0.15, 0.2) is 4.42 Å². The molecule has 1 aliphatic heterocycles. The lowest BCUT2D eigenvalue weighted by Gasteiger charge is -2.32. The summed E-state index contributed by atoms with van der Waals surface area (Å²) in [5.74, 6) is 0.453. The van der Waals surface area contributed by atoms with Crippen molar-refractivity contribution in [2.45, 2.75) is 32.9 Å². The molecule has 0 aliphatic carbocycles. The first kappa shape index (κ1) is 15.7. The fraction of sp³-hybridized carbons (Fsp3) is 0.769. The Morgan fingerprint density at radius 3 is 3.05 bits per heavy atom. The van der Waals surface area contributed by atoms with Gasteiger partial charge in [0.1, 0.15) is 6.04 Å². The smallest absolute Gasteiger partial charge is 0.319 e. The van der Waals surface area contributed by atoms with Crippen molar-refractivity contribution >= 4 is 11.9 Å². The normalized spacial score (nSPS) is 18.8. The molecule has 0 bridgehead atoms. The van der Waals surface area contributed by atoms with E-state index in [1.54, 1.807) is 0 Å². The number of hydrogen-bond acceptors (Lipinski definition) is 7. The topological polar surface area (TPSA) is 92.5 Å². The van der Waals surface area contributed by atoms with Crippen molar-refractivity contribution in [1.29, 1.82) is 0 Å². The number of hydrogen-bond donors (Lipinski definition) is 2. The van der Waals surface area contributed by atoms with E-state index in [0.29, 0.717) is 44.8 Å². The Labute approximate surface area is 124 Å². The predicted molar refractivity (Wildman–Crippen MR) is 76.9 cm³/mol. The lowest BCUT2D eigenvalue weighted by molar-refractivity contribution is -0.124. The van der Waals surface area contributed by atoms with Crippen LogP contribution in [0, 0.1) is 0 Å². The minimum Gasteiger partial charge on any atom is -0.407 e. The molecule has 1 aliphatic rings. The lowest BCUT2D eigenvalue weighted by Crippen LogP contribution is -2.54. The van der Waals surface area contributed by atoms with Crippen LogP contribution in [0.25, 0.3) is 0 Å². The van der Waals surface area contributed by atoms with Gasteiger partial charge in [0, 0.05) is 13.1 Å². The van der Waals surface area contributed by atoms with Crippen LogP contribution in [0.2, 0.25) is 0 Å². The number of aromatic nitrogens is 2. The third kappa shape index (κ3) is 4.15. The molecule has 1 unspecified atom stereocenters. The molecular formula is C13H23N5O3. The Bertz CT molecular complexity index is 451. The summed E-state index contributed by atoms with van der Waals surface area (Å²) in [4.78, 5) is 14.0.